The van der Waals surface area contributed by atoms with E-state index in [-0.39, 0.29) is 75.5 Å². The first-order valence-electron chi connectivity index (χ1n) is 15.1. The number of H-pyrrole nitrogens is 1. The van der Waals surface area contributed by atoms with Gasteiger partial charge in [0.05, 0.1) is 0 Å². The normalized spacial score (nSPS) is 30.9. The zero-order chi connectivity index (χ0) is 29.7. The van der Waals surface area contributed by atoms with Crippen LogP contribution in [0.4, 0.5) is 0 Å². The van der Waals surface area contributed by atoms with Crippen LogP contribution in [-0.4, -0.2) is 58.6 Å². The average molecular weight is 682 g/mol. The van der Waals surface area contributed by atoms with E-state index in [1.54, 1.807) is 10.8 Å². The quantitative estimate of drug-likeness (QED) is 0.370. The molecular formula is C30H46N2O5SSeSi2. The molecule has 0 bridgehead atoms. The number of hydrogen-bond acceptors (Lipinski definition) is 6. The Morgan fingerprint density at radius 2 is 1.54 bits per heavy atom. The summed E-state index contributed by atoms with van der Waals surface area (Å²) >= 11 is 1.89. The van der Waals surface area contributed by atoms with Crippen LogP contribution >= 0.6 is 11.8 Å². The van der Waals surface area contributed by atoms with Crippen molar-refractivity contribution in [2.75, 3.05) is 0 Å². The Hall–Kier alpha value is -0.917. The molecule has 2 saturated heterocycles. The van der Waals surface area contributed by atoms with Crippen LogP contribution in [0.25, 0.3) is 0 Å². The number of aromatic nitrogens is 2. The molecule has 1 spiro atoms. The van der Waals surface area contributed by atoms with Gasteiger partial charge in [-0.1, -0.05) is 0 Å². The number of nitrogens with zero attached hydrogens (tertiary/aromatic N) is 1. The van der Waals surface area contributed by atoms with Gasteiger partial charge in [0.2, 0.25) is 0 Å². The molecule has 1 aromatic heterocycles. The molecule has 0 radical (unpaired) electrons. The van der Waals surface area contributed by atoms with E-state index >= 15 is 0 Å². The second kappa shape index (κ2) is 11.9. The fourth-order valence-electron chi connectivity index (χ4n) is 7.23. The zero-order valence-electron chi connectivity index (χ0n) is 25.6. The molecule has 2 aliphatic heterocycles. The summed E-state index contributed by atoms with van der Waals surface area (Å²) in [6, 6.07) is 12.1. The van der Waals surface area contributed by atoms with Gasteiger partial charge in [-0.2, -0.15) is 0 Å². The number of benzene rings is 1. The van der Waals surface area contributed by atoms with Gasteiger partial charge in [-0.3, -0.25) is 0 Å². The van der Waals surface area contributed by atoms with E-state index in [9.17, 15) is 9.59 Å². The summed E-state index contributed by atoms with van der Waals surface area (Å²) in [5.41, 5.74) is 0.290. The summed E-state index contributed by atoms with van der Waals surface area (Å²) in [4.78, 5) is 27.9. The summed E-state index contributed by atoms with van der Waals surface area (Å²) in [5, 5.41) is -0.174. The van der Waals surface area contributed by atoms with Gasteiger partial charge in [0.1, 0.15) is 0 Å². The summed E-state index contributed by atoms with van der Waals surface area (Å²) in [6.45, 7) is 18.2. The predicted octanol–water partition coefficient (Wildman–Crippen LogP) is 5.85. The molecule has 3 aliphatic rings. The van der Waals surface area contributed by atoms with Gasteiger partial charge in [-0.15, -0.1) is 0 Å². The summed E-state index contributed by atoms with van der Waals surface area (Å²) < 4.78 is 25.7. The molecular weight excluding hydrogens is 636 g/mol. The first-order valence-corrected chi connectivity index (χ1v) is 21.8. The molecule has 5 rings (SSSR count). The fourth-order valence-corrected chi connectivity index (χ4v) is 24.5. The van der Waals surface area contributed by atoms with E-state index in [0.717, 1.165) is 19.3 Å². The number of hydrogen-bond donors (Lipinski definition) is 1. The molecule has 41 heavy (non-hydrogen) atoms. The summed E-state index contributed by atoms with van der Waals surface area (Å²) in [7, 11) is -5.59. The minimum atomic E-state index is -2.86. The molecule has 7 nitrogen and oxygen atoms in total. The van der Waals surface area contributed by atoms with Crippen molar-refractivity contribution in [3.05, 3.63) is 63.4 Å². The van der Waals surface area contributed by atoms with E-state index < -0.39 is 17.1 Å². The van der Waals surface area contributed by atoms with Gasteiger partial charge in [-0.05, 0) is 0 Å². The molecule has 1 N–H and O–H groups in total. The molecule has 2 aromatic rings. The van der Waals surface area contributed by atoms with Crippen LogP contribution in [0.15, 0.2) is 52.2 Å². The number of aromatic amines is 1. The van der Waals surface area contributed by atoms with Crippen LogP contribution in [-0.2, 0) is 13.0 Å². The first kappa shape index (κ1) is 31.5. The third-order valence-corrected chi connectivity index (χ3v) is 24.6. The van der Waals surface area contributed by atoms with Gasteiger partial charge in [0.15, 0.2) is 0 Å². The van der Waals surface area contributed by atoms with Crippen LogP contribution in [0.2, 0.25) is 27.0 Å². The SMILES string of the molecule is CC(C)[Si]1(C(C)C)O[C@@H]2CCC[C@]23S[C@@H](n2ccc(=O)[nH]c2=O)[C@H]([Se]c2ccccc2)[C@@H]3O[Si](C(C)C)(C(C)C)O1. The Kier molecular flexibility index (Phi) is 9.13. The fraction of sp³-hybridized carbons (Fsp3) is 0.667. The van der Waals surface area contributed by atoms with Gasteiger partial charge < -0.3 is 0 Å². The Balaban J connectivity index is 1.73. The summed E-state index contributed by atoms with van der Waals surface area (Å²) in [6.07, 6.45) is 4.59. The Bertz CT molecular complexity index is 1320. The van der Waals surface area contributed by atoms with Crippen molar-refractivity contribution >= 4 is 48.3 Å². The van der Waals surface area contributed by atoms with Crippen molar-refractivity contribution in [1.82, 2.24) is 9.55 Å². The molecule has 3 fully saturated rings. The second-order valence-electron chi connectivity index (χ2n) is 13.1. The Morgan fingerprint density at radius 1 is 0.927 bits per heavy atom. The van der Waals surface area contributed by atoms with E-state index in [2.05, 4.69) is 84.6 Å². The third kappa shape index (κ3) is 5.37. The van der Waals surface area contributed by atoms with Crippen molar-refractivity contribution in [1.29, 1.82) is 0 Å². The topological polar surface area (TPSA) is 82.6 Å². The third-order valence-electron chi connectivity index (χ3n) is 9.30. The molecule has 11 heteroatoms. The van der Waals surface area contributed by atoms with Gasteiger partial charge in [-0.25, -0.2) is 0 Å². The first-order chi connectivity index (χ1) is 19.4. The Morgan fingerprint density at radius 3 is 2.12 bits per heavy atom. The number of rotatable bonds is 7. The van der Waals surface area contributed by atoms with Gasteiger partial charge in [0, 0.05) is 0 Å². The van der Waals surface area contributed by atoms with Crippen molar-refractivity contribution in [2.45, 2.75) is 124 Å². The molecule has 0 unspecified atom stereocenters. The monoisotopic (exact) mass is 682 g/mol. The summed E-state index contributed by atoms with van der Waals surface area (Å²) in [5.74, 6) is 0. The van der Waals surface area contributed by atoms with Crippen LogP contribution in [0.3, 0.4) is 0 Å². The molecule has 1 aliphatic carbocycles. The van der Waals surface area contributed by atoms with E-state index in [1.807, 2.05) is 17.8 Å². The van der Waals surface area contributed by atoms with Crippen molar-refractivity contribution in [3.8, 4) is 0 Å². The average Bonchev–Trinajstić information content (AvgIpc) is 3.42. The van der Waals surface area contributed by atoms with Crippen LogP contribution < -0.4 is 15.7 Å². The predicted molar refractivity (Wildman–Crippen MR) is 173 cm³/mol. The number of nitrogens with one attached hydrogen (secondary N) is 1. The molecule has 5 atom stereocenters. The van der Waals surface area contributed by atoms with E-state index in [0.29, 0.717) is 0 Å². The maximum absolute atomic E-state index is 13.3. The Labute approximate surface area is 257 Å². The van der Waals surface area contributed by atoms with Crippen LogP contribution in [0, 0.1) is 0 Å². The molecule has 0 amide bonds. The van der Waals surface area contributed by atoms with Crippen LogP contribution in [0.5, 0.6) is 0 Å². The standard InChI is InChI=1S/C30H46N2O5SSeSi2/c1-19(2)40(20(3)4)35-24-15-12-17-30(24)27(36-41(37-40,21(5)6)22(7)8)26(39-23-13-10-9-11-14-23)28(38-30)32-18-16-25(33)31-29(32)34/h9-11,13-14,16,18-22,24,26-28H,12,15,17H2,1-8H3,(H,31,33,34)/t24-,26-,27+,28-,30+/m1/s1. The second-order valence-corrected chi connectivity index (χ2v) is 26.0. The van der Waals surface area contributed by atoms with Crippen LogP contribution in [0.1, 0.15) is 80.0 Å². The van der Waals surface area contributed by atoms with Gasteiger partial charge >= 0.3 is 258 Å². The van der Waals surface area contributed by atoms with Crippen molar-refractivity contribution in [3.63, 3.8) is 0 Å². The van der Waals surface area contributed by atoms with Gasteiger partial charge in [0.25, 0.3) is 0 Å². The molecule has 3 heterocycles. The van der Waals surface area contributed by atoms with E-state index in [1.165, 1.54) is 10.5 Å². The van der Waals surface area contributed by atoms with E-state index in [4.69, 9.17) is 13.0 Å². The molecule has 1 saturated carbocycles. The zero-order valence-corrected chi connectivity index (χ0v) is 30.1. The minimum absolute atomic E-state index is 0.00201. The van der Waals surface area contributed by atoms with Crippen molar-refractivity contribution in [2.24, 2.45) is 0 Å². The van der Waals surface area contributed by atoms with Crippen molar-refractivity contribution < 1.29 is 13.0 Å². The number of thioether (sulfide) groups is 1. The molecule has 1 aromatic carbocycles. The maximum atomic E-state index is 13.3. The molecule has 226 valence electrons.